The van der Waals surface area contributed by atoms with Gasteiger partial charge in [0.05, 0.1) is 20.6 Å². The Labute approximate surface area is 252 Å². The molecule has 0 aromatic heterocycles. The zero-order valence-electron chi connectivity index (χ0n) is 23.4. The number of halogens is 2. The summed E-state index contributed by atoms with van der Waals surface area (Å²) in [7, 11) is -4.19. The van der Waals surface area contributed by atoms with Gasteiger partial charge in [0.1, 0.15) is 12.6 Å². The Balaban J connectivity index is 1.71. The molecule has 1 aliphatic rings. The zero-order valence-corrected chi connectivity index (χ0v) is 25.8. The van der Waals surface area contributed by atoms with Gasteiger partial charge in [-0.3, -0.25) is 13.9 Å². The van der Waals surface area contributed by atoms with Gasteiger partial charge in [0, 0.05) is 12.6 Å². The van der Waals surface area contributed by atoms with Crippen molar-refractivity contribution < 1.29 is 18.0 Å². The Morgan fingerprint density at radius 1 is 0.951 bits per heavy atom. The molecule has 7 nitrogen and oxygen atoms in total. The number of anilines is 1. The Morgan fingerprint density at radius 3 is 2.24 bits per heavy atom. The van der Waals surface area contributed by atoms with Gasteiger partial charge in [-0.2, -0.15) is 0 Å². The molecule has 0 saturated heterocycles. The third-order valence-corrected chi connectivity index (χ3v) is 10.1. The first-order valence-corrected chi connectivity index (χ1v) is 15.9. The number of nitrogens with one attached hydrogen (secondary N) is 1. The third kappa shape index (κ3) is 7.42. The van der Waals surface area contributed by atoms with Gasteiger partial charge in [-0.1, -0.05) is 78.0 Å². The largest absolute Gasteiger partial charge is 0.352 e. The van der Waals surface area contributed by atoms with Crippen LogP contribution in [0.5, 0.6) is 0 Å². The van der Waals surface area contributed by atoms with Crippen molar-refractivity contribution in [2.24, 2.45) is 0 Å². The van der Waals surface area contributed by atoms with Gasteiger partial charge in [-0.25, -0.2) is 8.42 Å². The normalized spacial score (nSPS) is 14.5. The van der Waals surface area contributed by atoms with E-state index in [1.807, 2.05) is 38.1 Å². The molecular formula is C31H35Cl2N3O4S. The number of amides is 2. The van der Waals surface area contributed by atoms with Crippen molar-refractivity contribution in [3.05, 3.63) is 93.5 Å². The second kappa shape index (κ2) is 13.3. The molecule has 1 atom stereocenters. The molecule has 3 aromatic carbocycles. The zero-order chi connectivity index (χ0) is 29.7. The lowest BCUT2D eigenvalue weighted by molar-refractivity contribution is -0.139. The number of aryl methyl sites for hydroxylation is 2. The van der Waals surface area contributed by atoms with Gasteiger partial charge >= 0.3 is 0 Å². The van der Waals surface area contributed by atoms with Crippen LogP contribution >= 0.6 is 23.2 Å². The van der Waals surface area contributed by atoms with Crippen LogP contribution in [0.4, 0.5) is 5.69 Å². The maximum atomic E-state index is 14.1. The number of hydrogen-bond donors (Lipinski definition) is 1. The molecule has 0 unspecified atom stereocenters. The van der Waals surface area contributed by atoms with Crippen molar-refractivity contribution in [2.75, 3.05) is 10.8 Å². The fraction of sp³-hybridized carbons (Fsp3) is 0.355. The van der Waals surface area contributed by atoms with E-state index in [2.05, 4.69) is 5.32 Å². The van der Waals surface area contributed by atoms with Gasteiger partial charge in [-0.05, 0) is 75.1 Å². The highest BCUT2D eigenvalue weighted by Crippen LogP contribution is 2.31. The Hall–Kier alpha value is -3.07. The van der Waals surface area contributed by atoms with Crippen LogP contribution in [-0.4, -0.2) is 43.8 Å². The molecule has 0 heterocycles. The predicted octanol–water partition coefficient (Wildman–Crippen LogP) is 6.28. The van der Waals surface area contributed by atoms with E-state index in [9.17, 15) is 18.0 Å². The highest BCUT2D eigenvalue weighted by molar-refractivity contribution is 7.92. The molecule has 1 aliphatic carbocycles. The highest BCUT2D eigenvalue weighted by atomic mass is 35.5. The van der Waals surface area contributed by atoms with Crippen molar-refractivity contribution in [2.45, 2.75) is 70.0 Å². The van der Waals surface area contributed by atoms with Gasteiger partial charge in [-0.15, -0.1) is 0 Å². The molecule has 1 N–H and O–H groups in total. The van der Waals surface area contributed by atoms with E-state index in [1.54, 1.807) is 19.1 Å². The summed E-state index contributed by atoms with van der Waals surface area (Å²) in [6.45, 7) is 5.08. The van der Waals surface area contributed by atoms with Crippen LogP contribution in [0.1, 0.15) is 49.3 Å². The Kier molecular flexibility index (Phi) is 10.00. The van der Waals surface area contributed by atoms with Gasteiger partial charge in [0.15, 0.2) is 0 Å². The Morgan fingerprint density at radius 2 is 1.61 bits per heavy atom. The average molecular weight is 617 g/mol. The molecule has 218 valence electrons. The number of benzene rings is 3. The molecule has 2 amide bonds. The monoisotopic (exact) mass is 615 g/mol. The summed E-state index contributed by atoms with van der Waals surface area (Å²) in [4.78, 5) is 28.9. The topological polar surface area (TPSA) is 86.8 Å². The Bertz CT molecular complexity index is 1510. The molecule has 1 saturated carbocycles. The number of carbonyl (C=O) groups is 2. The molecule has 4 rings (SSSR count). The van der Waals surface area contributed by atoms with Gasteiger partial charge < -0.3 is 10.2 Å². The number of hydrogen-bond acceptors (Lipinski definition) is 4. The van der Waals surface area contributed by atoms with E-state index in [4.69, 9.17) is 23.2 Å². The molecule has 10 heteroatoms. The molecule has 3 aromatic rings. The minimum Gasteiger partial charge on any atom is -0.352 e. The summed E-state index contributed by atoms with van der Waals surface area (Å²) >= 11 is 12.4. The number of nitrogens with zero attached hydrogens (tertiary/aromatic N) is 2. The summed E-state index contributed by atoms with van der Waals surface area (Å²) in [6, 6.07) is 17.7. The van der Waals surface area contributed by atoms with Crippen molar-refractivity contribution in [1.82, 2.24) is 10.2 Å². The molecule has 0 radical (unpaired) electrons. The first-order chi connectivity index (χ1) is 19.5. The van der Waals surface area contributed by atoms with Crippen LogP contribution < -0.4 is 9.62 Å². The molecular weight excluding hydrogens is 581 g/mol. The van der Waals surface area contributed by atoms with Gasteiger partial charge in [0.25, 0.3) is 10.0 Å². The van der Waals surface area contributed by atoms with E-state index in [-0.39, 0.29) is 39.1 Å². The molecule has 1 fully saturated rings. The van der Waals surface area contributed by atoms with Crippen molar-refractivity contribution in [1.29, 1.82) is 0 Å². The second-order valence-corrected chi connectivity index (χ2v) is 13.2. The maximum Gasteiger partial charge on any atom is 0.264 e. The summed E-state index contributed by atoms with van der Waals surface area (Å²) in [5.41, 5.74) is 2.91. The fourth-order valence-corrected chi connectivity index (χ4v) is 6.65. The predicted molar refractivity (Wildman–Crippen MR) is 164 cm³/mol. The van der Waals surface area contributed by atoms with Crippen LogP contribution in [0, 0.1) is 13.8 Å². The van der Waals surface area contributed by atoms with Crippen LogP contribution in [0.2, 0.25) is 10.0 Å². The molecule has 0 bridgehead atoms. The van der Waals surface area contributed by atoms with Crippen LogP contribution in [0.15, 0.2) is 71.6 Å². The minimum atomic E-state index is -4.19. The lowest BCUT2D eigenvalue weighted by atomic mass is 10.1. The third-order valence-electron chi connectivity index (χ3n) is 7.55. The van der Waals surface area contributed by atoms with E-state index >= 15 is 0 Å². The quantitative estimate of drug-likeness (QED) is 0.291. The number of carbonyl (C=O) groups excluding carboxylic acids is 2. The van der Waals surface area contributed by atoms with E-state index < -0.39 is 28.5 Å². The van der Waals surface area contributed by atoms with E-state index in [1.165, 1.54) is 35.2 Å². The molecule has 0 spiro atoms. The van der Waals surface area contributed by atoms with Crippen molar-refractivity contribution >= 4 is 50.7 Å². The summed E-state index contributed by atoms with van der Waals surface area (Å²) in [6.07, 6.45) is 3.93. The van der Waals surface area contributed by atoms with Crippen LogP contribution in [-0.2, 0) is 26.2 Å². The lowest BCUT2D eigenvalue weighted by Gasteiger charge is -2.33. The second-order valence-electron chi connectivity index (χ2n) is 10.5. The smallest absolute Gasteiger partial charge is 0.264 e. The average Bonchev–Trinajstić information content (AvgIpc) is 3.45. The summed E-state index contributed by atoms with van der Waals surface area (Å²) in [5.74, 6) is -0.787. The first-order valence-electron chi connectivity index (χ1n) is 13.7. The SMILES string of the molecule is Cc1ccc(S(=O)(=O)N(CC(=O)N(Cc2ccccc2C)[C@@H](C)C(=O)NC2CCCC2)c2ccc(Cl)c(Cl)c2)cc1. The maximum absolute atomic E-state index is 14.1. The van der Waals surface area contributed by atoms with Crippen molar-refractivity contribution in [3.63, 3.8) is 0 Å². The summed E-state index contributed by atoms with van der Waals surface area (Å²) < 4.78 is 28.9. The van der Waals surface area contributed by atoms with E-state index in [0.29, 0.717) is 0 Å². The number of sulfonamides is 1. The highest BCUT2D eigenvalue weighted by Gasteiger charge is 2.33. The first kappa shape index (κ1) is 30.9. The molecule has 41 heavy (non-hydrogen) atoms. The van der Waals surface area contributed by atoms with Crippen LogP contribution in [0.25, 0.3) is 0 Å². The standard InChI is InChI=1S/C31H35Cl2N3O4S/c1-21-12-15-27(16-13-21)41(39,40)36(26-14-17-28(32)29(33)18-26)20-30(37)35(19-24-9-5-4-8-22(24)2)23(3)31(38)34-25-10-6-7-11-25/h4-5,8-9,12-18,23,25H,6-7,10-11,19-20H2,1-3H3,(H,34,38)/t23-/m0/s1. The van der Waals surface area contributed by atoms with Gasteiger partial charge in [0.2, 0.25) is 11.8 Å². The lowest BCUT2D eigenvalue weighted by Crippen LogP contribution is -2.52. The summed E-state index contributed by atoms with van der Waals surface area (Å²) in [5, 5.41) is 3.49. The molecule has 0 aliphatic heterocycles. The van der Waals surface area contributed by atoms with E-state index in [0.717, 1.165) is 46.7 Å². The minimum absolute atomic E-state index is 0.0273. The fourth-order valence-electron chi connectivity index (χ4n) is 4.95. The van der Waals surface area contributed by atoms with Crippen molar-refractivity contribution in [3.8, 4) is 0 Å². The van der Waals surface area contributed by atoms with Crippen LogP contribution in [0.3, 0.4) is 0 Å². The number of rotatable bonds is 10.